The van der Waals surface area contributed by atoms with Gasteiger partial charge >= 0.3 is 0 Å². The number of hydrogen-bond donors (Lipinski definition) is 1. The van der Waals surface area contributed by atoms with Gasteiger partial charge in [-0.15, -0.1) is 24.8 Å². The second-order valence-electron chi connectivity index (χ2n) is 6.54. The Morgan fingerprint density at radius 3 is 2.42 bits per heavy atom. The third kappa shape index (κ3) is 5.72. The van der Waals surface area contributed by atoms with Crippen molar-refractivity contribution in [3.05, 3.63) is 34.4 Å². The maximum absolute atomic E-state index is 12.5. The maximum atomic E-state index is 12.5. The standard InChI is InChI=1S/C17H24N4O3.2ClH/c22-17(12-14-4-6-18-7-5-14)20-10-8-19(9-11-20)15-2-1-3-16(13-15)21(23)24;;/h1-3,13-14,18H,4-12H2;2*1H. The number of carbonyl (C=O) groups is 1. The van der Waals surface area contributed by atoms with Crippen molar-refractivity contribution in [2.24, 2.45) is 5.92 Å². The number of anilines is 1. The number of piperidine rings is 1. The van der Waals surface area contributed by atoms with Crippen LogP contribution in [0.2, 0.25) is 0 Å². The van der Waals surface area contributed by atoms with Gasteiger partial charge in [0.2, 0.25) is 5.91 Å². The van der Waals surface area contributed by atoms with Gasteiger partial charge in [-0.25, -0.2) is 0 Å². The third-order valence-corrected chi connectivity index (χ3v) is 4.96. The molecule has 1 N–H and O–H groups in total. The normalized spacial score (nSPS) is 17.8. The molecule has 0 aliphatic carbocycles. The van der Waals surface area contributed by atoms with Crippen molar-refractivity contribution < 1.29 is 9.72 Å². The van der Waals surface area contributed by atoms with Gasteiger partial charge in [0.1, 0.15) is 0 Å². The highest BCUT2D eigenvalue weighted by atomic mass is 35.5. The van der Waals surface area contributed by atoms with Crippen molar-refractivity contribution in [3.8, 4) is 0 Å². The largest absolute Gasteiger partial charge is 0.368 e. The van der Waals surface area contributed by atoms with Gasteiger partial charge in [0.05, 0.1) is 4.92 Å². The maximum Gasteiger partial charge on any atom is 0.271 e. The van der Waals surface area contributed by atoms with Gasteiger partial charge in [0, 0.05) is 50.4 Å². The summed E-state index contributed by atoms with van der Waals surface area (Å²) >= 11 is 0. The number of hydrogen-bond acceptors (Lipinski definition) is 5. The second-order valence-corrected chi connectivity index (χ2v) is 6.54. The van der Waals surface area contributed by atoms with Gasteiger partial charge in [-0.05, 0) is 37.9 Å². The van der Waals surface area contributed by atoms with Gasteiger partial charge in [-0.2, -0.15) is 0 Å². The van der Waals surface area contributed by atoms with Crippen molar-refractivity contribution in [2.75, 3.05) is 44.2 Å². The molecule has 1 aromatic carbocycles. The lowest BCUT2D eigenvalue weighted by molar-refractivity contribution is -0.384. The van der Waals surface area contributed by atoms with Gasteiger partial charge in [-0.1, -0.05) is 6.07 Å². The molecular weight excluding hydrogens is 379 g/mol. The van der Waals surface area contributed by atoms with Crippen LogP contribution in [0.3, 0.4) is 0 Å². The third-order valence-electron chi connectivity index (χ3n) is 4.96. The average Bonchev–Trinajstić information content (AvgIpc) is 2.63. The van der Waals surface area contributed by atoms with Crippen LogP contribution in [0, 0.1) is 16.0 Å². The quantitative estimate of drug-likeness (QED) is 0.615. The summed E-state index contributed by atoms with van der Waals surface area (Å²) in [4.78, 5) is 27.0. The Morgan fingerprint density at radius 2 is 1.81 bits per heavy atom. The molecule has 2 fully saturated rings. The van der Waals surface area contributed by atoms with E-state index in [0.29, 0.717) is 25.4 Å². The second kappa shape index (κ2) is 10.5. The summed E-state index contributed by atoms with van der Waals surface area (Å²) in [5, 5.41) is 14.2. The number of amides is 1. The number of halogens is 2. The Kier molecular flexibility index (Phi) is 9.12. The SMILES string of the molecule is Cl.Cl.O=C(CC1CCNCC1)N1CCN(c2cccc([N+](=O)[O-])c2)CC1. The van der Waals surface area contributed by atoms with E-state index in [1.807, 2.05) is 11.0 Å². The van der Waals surface area contributed by atoms with Crippen molar-refractivity contribution in [1.29, 1.82) is 0 Å². The van der Waals surface area contributed by atoms with Crippen LogP contribution >= 0.6 is 24.8 Å². The Labute approximate surface area is 166 Å². The highest BCUT2D eigenvalue weighted by molar-refractivity contribution is 5.85. The monoisotopic (exact) mass is 404 g/mol. The number of nitrogens with one attached hydrogen (secondary N) is 1. The zero-order valence-electron chi connectivity index (χ0n) is 14.6. The summed E-state index contributed by atoms with van der Waals surface area (Å²) in [6, 6.07) is 6.70. The van der Waals surface area contributed by atoms with Crippen LogP contribution in [0.15, 0.2) is 24.3 Å². The van der Waals surface area contributed by atoms with Gasteiger partial charge in [0.25, 0.3) is 5.69 Å². The van der Waals surface area contributed by atoms with E-state index in [9.17, 15) is 14.9 Å². The smallest absolute Gasteiger partial charge is 0.271 e. The Hall–Kier alpha value is -1.57. The zero-order chi connectivity index (χ0) is 16.9. The predicted molar refractivity (Wildman–Crippen MR) is 107 cm³/mol. The molecule has 0 unspecified atom stereocenters. The van der Waals surface area contributed by atoms with Crippen molar-refractivity contribution >= 4 is 42.1 Å². The molecule has 0 atom stereocenters. The molecule has 1 aromatic rings. The summed E-state index contributed by atoms with van der Waals surface area (Å²) in [7, 11) is 0. The first kappa shape index (κ1) is 22.5. The molecule has 3 rings (SSSR count). The summed E-state index contributed by atoms with van der Waals surface area (Å²) in [6.45, 7) is 4.84. The molecule has 26 heavy (non-hydrogen) atoms. The highest BCUT2D eigenvalue weighted by Gasteiger charge is 2.25. The van der Waals surface area contributed by atoms with E-state index in [1.165, 1.54) is 6.07 Å². The van der Waals surface area contributed by atoms with Crippen molar-refractivity contribution in [3.63, 3.8) is 0 Å². The lowest BCUT2D eigenvalue weighted by atomic mass is 9.94. The van der Waals surface area contributed by atoms with Crippen molar-refractivity contribution in [1.82, 2.24) is 10.2 Å². The Morgan fingerprint density at radius 1 is 1.15 bits per heavy atom. The number of piperazine rings is 1. The number of nitrogens with zero attached hydrogens (tertiary/aromatic N) is 3. The van der Waals surface area contributed by atoms with Gasteiger partial charge in [0.15, 0.2) is 0 Å². The number of nitro benzene ring substituents is 1. The number of benzene rings is 1. The molecule has 2 aliphatic rings. The lowest BCUT2D eigenvalue weighted by Gasteiger charge is -2.37. The molecule has 7 nitrogen and oxygen atoms in total. The molecule has 0 bridgehead atoms. The fourth-order valence-electron chi connectivity index (χ4n) is 3.48. The van der Waals surface area contributed by atoms with E-state index in [4.69, 9.17) is 0 Å². The van der Waals surface area contributed by atoms with E-state index in [2.05, 4.69) is 10.2 Å². The first-order valence-corrected chi connectivity index (χ1v) is 8.61. The molecule has 1 amide bonds. The van der Waals surface area contributed by atoms with Crippen molar-refractivity contribution in [2.45, 2.75) is 19.3 Å². The van der Waals surface area contributed by atoms with Gasteiger partial charge in [-0.3, -0.25) is 14.9 Å². The fourth-order valence-corrected chi connectivity index (χ4v) is 3.48. The van der Waals surface area contributed by atoms with Gasteiger partial charge < -0.3 is 15.1 Å². The average molecular weight is 405 g/mol. The molecular formula is C17H26Cl2N4O3. The molecule has 0 radical (unpaired) electrons. The molecule has 146 valence electrons. The molecule has 0 saturated carbocycles. The van der Waals surface area contributed by atoms with Crippen LogP contribution in [0.25, 0.3) is 0 Å². The minimum absolute atomic E-state index is 0. The number of rotatable bonds is 4. The molecule has 0 aromatic heterocycles. The minimum Gasteiger partial charge on any atom is -0.368 e. The first-order valence-electron chi connectivity index (χ1n) is 8.61. The molecule has 2 saturated heterocycles. The van der Waals surface area contributed by atoms with Crippen LogP contribution in [0.4, 0.5) is 11.4 Å². The number of non-ortho nitro benzene ring substituents is 1. The summed E-state index contributed by atoms with van der Waals surface area (Å²) < 4.78 is 0. The first-order chi connectivity index (χ1) is 11.6. The van der Waals surface area contributed by atoms with E-state index in [-0.39, 0.29) is 41.3 Å². The lowest BCUT2D eigenvalue weighted by Crippen LogP contribution is -2.49. The van der Waals surface area contributed by atoms with Crippen LogP contribution < -0.4 is 10.2 Å². The van der Waals surface area contributed by atoms with E-state index in [1.54, 1.807) is 12.1 Å². The number of carbonyl (C=O) groups excluding carboxylic acids is 1. The van der Waals surface area contributed by atoms with Crippen LogP contribution in [0.1, 0.15) is 19.3 Å². The molecule has 2 heterocycles. The summed E-state index contributed by atoms with van der Waals surface area (Å²) in [6.07, 6.45) is 2.82. The summed E-state index contributed by atoms with van der Waals surface area (Å²) in [5.41, 5.74) is 0.964. The van der Waals surface area contributed by atoms with Crippen LogP contribution in [-0.4, -0.2) is 55.0 Å². The summed E-state index contributed by atoms with van der Waals surface area (Å²) in [5.74, 6) is 0.758. The highest BCUT2D eigenvalue weighted by Crippen LogP contribution is 2.23. The number of nitro groups is 1. The predicted octanol–water partition coefficient (Wildman–Crippen LogP) is 2.48. The topological polar surface area (TPSA) is 78.7 Å². The Bertz CT molecular complexity index is 603. The van der Waals surface area contributed by atoms with Crippen LogP contribution in [0.5, 0.6) is 0 Å². The minimum atomic E-state index is -0.373. The van der Waals surface area contributed by atoms with E-state index in [0.717, 1.165) is 44.7 Å². The molecule has 0 spiro atoms. The molecule has 2 aliphatic heterocycles. The fraction of sp³-hybridized carbons (Fsp3) is 0.588. The van der Waals surface area contributed by atoms with E-state index < -0.39 is 0 Å². The van der Waals surface area contributed by atoms with E-state index >= 15 is 0 Å². The zero-order valence-corrected chi connectivity index (χ0v) is 16.3. The Balaban J connectivity index is 0.00000169. The van der Waals surface area contributed by atoms with Crippen LogP contribution in [-0.2, 0) is 4.79 Å². The molecule has 9 heteroatoms.